The summed E-state index contributed by atoms with van der Waals surface area (Å²) in [7, 11) is 1.39. The van der Waals surface area contributed by atoms with Crippen LogP contribution < -0.4 is 15.8 Å². The molecule has 5 heterocycles. The molecule has 2 atom stereocenters. The lowest BCUT2D eigenvalue weighted by Crippen LogP contribution is -2.41. The van der Waals surface area contributed by atoms with Gasteiger partial charge in [-0.3, -0.25) is 14.0 Å². The lowest BCUT2D eigenvalue weighted by atomic mass is 9.92. The lowest BCUT2D eigenvalue weighted by molar-refractivity contribution is -0.137. The van der Waals surface area contributed by atoms with E-state index in [1.54, 1.807) is 4.40 Å². The van der Waals surface area contributed by atoms with Crippen LogP contribution in [0.3, 0.4) is 0 Å². The summed E-state index contributed by atoms with van der Waals surface area (Å²) < 4.78 is 46.7. The molecule has 3 N–H and O–H groups in total. The summed E-state index contributed by atoms with van der Waals surface area (Å²) >= 11 is 13.2. The second-order valence-electron chi connectivity index (χ2n) is 10.4. The number of nitrogens with zero attached hydrogens (tertiary/aromatic N) is 5. The average molecular weight is 634 g/mol. The molecule has 6 rings (SSSR count). The van der Waals surface area contributed by atoms with Crippen molar-refractivity contribution in [3.63, 3.8) is 0 Å². The third-order valence-electron chi connectivity index (χ3n) is 7.87. The van der Waals surface area contributed by atoms with E-state index in [9.17, 15) is 22.8 Å². The van der Waals surface area contributed by atoms with Crippen molar-refractivity contribution in [3.05, 3.63) is 63.8 Å². The van der Waals surface area contributed by atoms with E-state index in [0.717, 1.165) is 37.6 Å². The Labute approximate surface area is 253 Å². The molecular formula is C28H24Cl2F3N7O3. The number of carbonyl (C=O) groups is 2. The highest BCUT2D eigenvalue weighted by molar-refractivity contribution is 6.35. The van der Waals surface area contributed by atoms with Crippen molar-refractivity contribution in [2.75, 3.05) is 24.7 Å². The van der Waals surface area contributed by atoms with Gasteiger partial charge in [0.05, 0.1) is 29.5 Å². The number of hydrogen-bond donors (Lipinski definition) is 2. The number of hydrogen-bond acceptors (Lipinski definition) is 7. The van der Waals surface area contributed by atoms with Gasteiger partial charge in [0.15, 0.2) is 0 Å². The van der Waals surface area contributed by atoms with E-state index in [0.29, 0.717) is 35.6 Å². The summed E-state index contributed by atoms with van der Waals surface area (Å²) in [5.74, 6) is -0.193. The number of halogens is 5. The number of methoxy groups -OCH3 is 1. The number of aromatic nitrogens is 4. The number of benzene rings is 1. The van der Waals surface area contributed by atoms with Gasteiger partial charge in [-0.1, -0.05) is 23.2 Å². The second kappa shape index (κ2) is 10.9. The van der Waals surface area contributed by atoms with E-state index in [2.05, 4.69) is 15.3 Å². The van der Waals surface area contributed by atoms with Crippen LogP contribution in [0.25, 0.3) is 16.8 Å². The molecule has 43 heavy (non-hydrogen) atoms. The average Bonchev–Trinajstić information content (AvgIpc) is 3.56. The molecule has 0 bridgehead atoms. The predicted molar refractivity (Wildman–Crippen MR) is 153 cm³/mol. The highest BCUT2D eigenvalue weighted by Gasteiger charge is 2.39. The summed E-state index contributed by atoms with van der Waals surface area (Å²) in [6, 6.07) is 4.56. The SMILES string of the molecule is COc1cc(C(=O)Nc2cc(C(F)(F)F)ccn2)c(Cl)cc1-c1nc([C@@H]2CC[C@H]3CCC(=O)N3C2)n2c(Cl)cnc(N)c12. The number of imidazole rings is 1. The summed E-state index contributed by atoms with van der Waals surface area (Å²) in [5, 5.41) is 2.59. The van der Waals surface area contributed by atoms with Gasteiger partial charge >= 0.3 is 6.18 Å². The van der Waals surface area contributed by atoms with E-state index < -0.39 is 17.6 Å². The highest BCUT2D eigenvalue weighted by atomic mass is 35.5. The Balaban J connectivity index is 1.40. The van der Waals surface area contributed by atoms with Crippen LogP contribution in [0.4, 0.5) is 24.8 Å². The number of anilines is 2. The largest absolute Gasteiger partial charge is 0.496 e. The minimum atomic E-state index is -4.61. The fourth-order valence-corrected chi connectivity index (χ4v) is 6.28. The number of carbonyl (C=O) groups excluding carboxylic acids is 2. The maximum absolute atomic E-state index is 13.1. The first kappa shape index (κ1) is 29.0. The number of ether oxygens (including phenoxy) is 1. The number of nitrogen functional groups attached to an aromatic ring is 1. The van der Waals surface area contributed by atoms with Gasteiger partial charge < -0.3 is 20.7 Å². The van der Waals surface area contributed by atoms with Crippen molar-refractivity contribution in [1.29, 1.82) is 0 Å². The second-order valence-corrected chi connectivity index (χ2v) is 11.2. The van der Waals surface area contributed by atoms with Gasteiger partial charge in [-0.05, 0) is 43.5 Å². The van der Waals surface area contributed by atoms with Gasteiger partial charge in [-0.2, -0.15) is 13.2 Å². The Kier molecular flexibility index (Phi) is 7.33. The van der Waals surface area contributed by atoms with Gasteiger partial charge in [-0.15, -0.1) is 0 Å². The van der Waals surface area contributed by atoms with Crippen molar-refractivity contribution in [2.45, 2.75) is 43.8 Å². The monoisotopic (exact) mass is 633 g/mol. The molecule has 2 aliphatic rings. The molecule has 15 heteroatoms. The number of nitrogens with one attached hydrogen (secondary N) is 1. The molecule has 0 saturated carbocycles. The van der Waals surface area contributed by atoms with Crippen molar-refractivity contribution in [2.24, 2.45) is 0 Å². The van der Waals surface area contributed by atoms with Crippen LogP contribution in [0.15, 0.2) is 36.7 Å². The van der Waals surface area contributed by atoms with Gasteiger partial charge in [0, 0.05) is 36.7 Å². The highest BCUT2D eigenvalue weighted by Crippen LogP contribution is 2.42. The van der Waals surface area contributed by atoms with E-state index in [1.165, 1.54) is 25.4 Å². The van der Waals surface area contributed by atoms with Crippen LogP contribution in [-0.2, 0) is 11.0 Å². The van der Waals surface area contributed by atoms with Crippen molar-refractivity contribution in [1.82, 2.24) is 24.3 Å². The molecule has 224 valence electrons. The first-order valence-corrected chi connectivity index (χ1v) is 14.1. The van der Waals surface area contributed by atoms with Crippen molar-refractivity contribution in [3.8, 4) is 17.0 Å². The number of piperidine rings is 1. The van der Waals surface area contributed by atoms with Crippen LogP contribution in [0.5, 0.6) is 5.75 Å². The lowest BCUT2D eigenvalue weighted by Gasteiger charge is -2.34. The fraction of sp³-hybridized carbons (Fsp3) is 0.321. The van der Waals surface area contributed by atoms with E-state index in [-0.39, 0.29) is 51.0 Å². The van der Waals surface area contributed by atoms with Crippen LogP contribution in [-0.4, -0.2) is 55.8 Å². The molecule has 1 aromatic carbocycles. The molecule has 2 fully saturated rings. The quantitative estimate of drug-likeness (QED) is 0.283. The van der Waals surface area contributed by atoms with Gasteiger partial charge in [-0.25, -0.2) is 15.0 Å². The molecule has 0 spiro atoms. The summed E-state index contributed by atoms with van der Waals surface area (Å²) in [6.45, 7) is 0.487. The number of pyridine rings is 1. The number of fused-ring (bicyclic) bond motifs is 2. The standard InChI is InChI=1S/C28H24Cl2F3N7O3/c1-43-19-10-16(27(42)37-21-8-14(6-7-35-21)28(31,32)33)18(29)9-17(19)23-24-25(34)36-11-20(30)40(24)26(38-23)13-2-3-15-4-5-22(41)39(15)12-13/h6-11,13,15H,2-5,12H2,1H3,(H2,34,36)(H,35,37,42)/t13-,15+/m1/s1. The van der Waals surface area contributed by atoms with E-state index in [4.69, 9.17) is 38.7 Å². The number of amides is 2. The summed E-state index contributed by atoms with van der Waals surface area (Å²) in [4.78, 5) is 40.4. The van der Waals surface area contributed by atoms with Gasteiger partial charge in [0.2, 0.25) is 5.91 Å². The first-order chi connectivity index (χ1) is 20.5. The maximum Gasteiger partial charge on any atom is 0.416 e. The maximum atomic E-state index is 13.1. The Morgan fingerprint density at radius 1 is 1.16 bits per heavy atom. The minimum absolute atomic E-state index is 0.0280. The molecule has 0 aliphatic carbocycles. The topological polar surface area (TPSA) is 128 Å². The predicted octanol–water partition coefficient (Wildman–Crippen LogP) is 5.83. The molecule has 2 saturated heterocycles. The van der Waals surface area contributed by atoms with Gasteiger partial charge in [0.25, 0.3) is 5.91 Å². The van der Waals surface area contributed by atoms with Crippen molar-refractivity contribution < 1.29 is 27.5 Å². The molecule has 2 amide bonds. The summed E-state index contributed by atoms with van der Waals surface area (Å²) in [5.41, 5.74) is 6.43. The summed E-state index contributed by atoms with van der Waals surface area (Å²) in [6.07, 6.45) is 0.745. The molecule has 0 unspecified atom stereocenters. The van der Waals surface area contributed by atoms with Gasteiger partial charge in [0.1, 0.15) is 39.6 Å². The molecule has 10 nitrogen and oxygen atoms in total. The van der Waals surface area contributed by atoms with Crippen LogP contribution >= 0.6 is 23.2 Å². The number of rotatable bonds is 5. The third kappa shape index (κ3) is 5.20. The molecule has 4 aromatic rings. The molecule has 3 aromatic heterocycles. The molecule has 2 aliphatic heterocycles. The fourth-order valence-electron chi connectivity index (χ4n) is 5.81. The van der Waals surface area contributed by atoms with E-state index in [1.807, 2.05) is 4.90 Å². The van der Waals surface area contributed by atoms with Crippen molar-refractivity contribution >= 4 is 52.2 Å². The smallest absolute Gasteiger partial charge is 0.416 e. The van der Waals surface area contributed by atoms with E-state index >= 15 is 0 Å². The Morgan fingerprint density at radius 2 is 1.95 bits per heavy atom. The minimum Gasteiger partial charge on any atom is -0.496 e. The van der Waals surface area contributed by atoms with Crippen LogP contribution in [0, 0.1) is 0 Å². The Bertz CT molecular complexity index is 1780. The van der Waals surface area contributed by atoms with Crippen LogP contribution in [0.1, 0.15) is 53.3 Å². The Hall–Kier alpha value is -4.10. The number of nitrogens with two attached hydrogens (primary N) is 1. The molecular weight excluding hydrogens is 610 g/mol. The number of alkyl halides is 3. The molecule has 0 radical (unpaired) electrons. The Morgan fingerprint density at radius 3 is 2.70 bits per heavy atom. The third-order valence-corrected chi connectivity index (χ3v) is 8.45. The van der Waals surface area contributed by atoms with Crippen LogP contribution in [0.2, 0.25) is 10.2 Å². The zero-order valence-corrected chi connectivity index (χ0v) is 24.1. The normalized spacial score (nSPS) is 18.7. The first-order valence-electron chi connectivity index (χ1n) is 13.3. The zero-order valence-electron chi connectivity index (χ0n) is 22.6. The zero-order chi connectivity index (χ0) is 30.6.